The molecule has 0 bridgehead atoms. The monoisotopic (exact) mass is 240 g/mol. The number of halogens is 4. The average molecular weight is 240 g/mol. The van der Waals surface area contributed by atoms with E-state index >= 15 is 0 Å². The van der Waals surface area contributed by atoms with Crippen LogP contribution in [0.25, 0.3) is 0 Å². The molecule has 0 heterocycles. The van der Waals surface area contributed by atoms with E-state index in [1.165, 1.54) is 6.92 Å². The Morgan fingerprint density at radius 2 is 1.81 bits per heavy atom. The van der Waals surface area contributed by atoms with Gasteiger partial charge in [-0.2, -0.15) is 13.2 Å². The van der Waals surface area contributed by atoms with Crippen molar-refractivity contribution >= 4 is 0 Å². The van der Waals surface area contributed by atoms with E-state index in [2.05, 4.69) is 0 Å². The second-order valence-electron chi connectivity index (χ2n) is 5.79. The van der Waals surface area contributed by atoms with Gasteiger partial charge in [-0.1, -0.05) is 13.8 Å². The lowest BCUT2D eigenvalue weighted by atomic mass is 9.71. The molecule has 96 valence electrons. The van der Waals surface area contributed by atoms with Crippen molar-refractivity contribution in [2.24, 2.45) is 17.8 Å². The van der Waals surface area contributed by atoms with Gasteiger partial charge in [0.05, 0.1) is 5.92 Å². The third kappa shape index (κ3) is 3.95. The fourth-order valence-corrected chi connectivity index (χ4v) is 2.86. The molecule has 1 fully saturated rings. The number of hydrogen-bond donors (Lipinski definition) is 0. The lowest BCUT2D eigenvalue weighted by Gasteiger charge is -2.38. The van der Waals surface area contributed by atoms with E-state index in [1.807, 2.05) is 13.8 Å². The van der Waals surface area contributed by atoms with E-state index in [-0.39, 0.29) is 25.2 Å². The molecule has 16 heavy (non-hydrogen) atoms. The summed E-state index contributed by atoms with van der Waals surface area (Å²) in [7, 11) is 0. The van der Waals surface area contributed by atoms with Gasteiger partial charge in [-0.3, -0.25) is 0 Å². The van der Waals surface area contributed by atoms with Crippen molar-refractivity contribution in [3.8, 4) is 0 Å². The summed E-state index contributed by atoms with van der Waals surface area (Å²) in [4.78, 5) is 0. The van der Waals surface area contributed by atoms with E-state index < -0.39 is 17.8 Å². The summed E-state index contributed by atoms with van der Waals surface area (Å²) >= 11 is 0. The SMILES string of the molecule is CC(C)CC1CC(C(F)(F)F)CC(C)(F)C1. The van der Waals surface area contributed by atoms with Crippen molar-refractivity contribution in [3.63, 3.8) is 0 Å². The first kappa shape index (κ1) is 13.8. The third-order valence-electron chi connectivity index (χ3n) is 3.27. The number of hydrogen-bond acceptors (Lipinski definition) is 0. The highest BCUT2D eigenvalue weighted by Gasteiger charge is 2.48. The first-order valence-electron chi connectivity index (χ1n) is 5.86. The molecule has 1 rings (SSSR count). The summed E-state index contributed by atoms with van der Waals surface area (Å²) in [5.74, 6) is -1.26. The van der Waals surface area contributed by atoms with Crippen molar-refractivity contribution in [1.82, 2.24) is 0 Å². The van der Waals surface area contributed by atoms with Crippen LogP contribution in [0.15, 0.2) is 0 Å². The largest absolute Gasteiger partial charge is 0.391 e. The minimum absolute atomic E-state index is 0.0984. The molecule has 0 nitrogen and oxygen atoms in total. The summed E-state index contributed by atoms with van der Waals surface area (Å²) < 4.78 is 51.7. The molecule has 0 aromatic carbocycles. The van der Waals surface area contributed by atoms with Gasteiger partial charge in [0, 0.05) is 0 Å². The van der Waals surface area contributed by atoms with Crippen LogP contribution in [0.4, 0.5) is 17.6 Å². The Hall–Kier alpha value is -0.280. The lowest BCUT2D eigenvalue weighted by molar-refractivity contribution is -0.198. The Bertz CT molecular complexity index is 230. The highest BCUT2D eigenvalue weighted by atomic mass is 19.4. The zero-order chi connectivity index (χ0) is 12.6. The van der Waals surface area contributed by atoms with Crippen LogP contribution in [-0.2, 0) is 0 Å². The molecule has 1 aliphatic carbocycles. The van der Waals surface area contributed by atoms with Crippen LogP contribution in [0.5, 0.6) is 0 Å². The van der Waals surface area contributed by atoms with Gasteiger partial charge in [0.25, 0.3) is 0 Å². The summed E-state index contributed by atoms with van der Waals surface area (Å²) in [5.41, 5.74) is -1.65. The zero-order valence-corrected chi connectivity index (χ0v) is 10.1. The quantitative estimate of drug-likeness (QED) is 0.611. The van der Waals surface area contributed by atoms with Gasteiger partial charge in [0.1, 0.15) is 5.67 Å². The predicted octanol–water partition coefficient (Wildman–Crippen LogP) is 4.74. The summed E-state index contributed by atoms with van der Waals surface area (Å²) in [6.07, 6.45) is -3.56. The minimum Gasteiger partial charge on any atom is -0.244 e. The van der Waals surface area contributed by atoms with E-state index in [1.54, 1.807) is 0 Å². The van der Waals surface area contributed by atoms with E-state index in [0.717, 1.165) is 0 Å². The highest BCUT2D eigenvalue weighted by Crippen LogP contribution is 2.47. The van der Waals surface area contributed by atoms with Crippen LogP contribution < -0.4 is 0 Å². The van der Waals surface area contributed by atoms with Gasteiger partial charge in [-0.25, -0.2) is 4.39 Å². The smallest absolute Gasteiger partial charge is 0.244 e. The predicted molar refractivity (Wildman–Crippen MR) is 55.9 cm³/mol. The maximum absolute atomic E-state index is 13.9. The molecule has 1 aliphatic rings. The van der Waals surface area contributed by atoms with Crippen molar-refractivity contribution < 1.29 is 17.6 Å². The minimum atomic E-state index is -4.25. The van der Waals surface area contributed by atoms with Gasteiger partial charge in [-0.15, -0.1) is 0 Å². The topological polar surface area (TPSA) is 0 Å². The van der Waals surface area contributed by atoms with Gasteiger partial charge >= 0.3 is 6.18 Å². The molecule has 1 saturated carbocycles. The fraction of sp³-hybridized carbons (Fsp3) is 1.00. The average Bonchev–Trinajstić information content (AvgIpc) is 1.97. The molecule has 3 unspecified atom stereocenters. The fourth-order valence-electron chi connectivity index (χ4n) is 2.86. The Morgan fingerprint density at radius 1 is 1.25 bits per heavy atom. The molecule has 0 aromatic rings. The molecule has 3 atom stereocenters. The maximum atomic E-state index is 13.9. The van der Waals surface area contributed by atoms with Gasteiger partial charge in [0.15, 0.2) is 0 Å². The van der Waals surface area contributed by atoms with Gasteiger partial charge in [0.2, 0.25) is 0 Å². The highest BCUT2D eigenvalue weighted by molar-refractivity contribution is 4.90. The molecular formula is C12H20F4. The van der Waals surface area contributed by atoms with E-state index in [4.69, 9.17) is 0 Å². The van der Waals surface area contributed by atoms with E-state index in [9.17, 15) is 17.6 Å². The molecule has 0 saturated heterocycles. The van der Waals surface area contributed by atoms with Crippen LogP contribution in [0, 0.1) is 17.8 Å². The molecule has 0 radical (unpaired) electrons. The molecule has 0 spiro atoms. The van der Waals surface area contributed by atoms with Crippen molar-refractivity contribution in [2.75, 3.05) is 0 Å². The zero-order valence-electron chi connectivity index (χ0n) is 10.1. The first-order valence-corrected chi connectivity index (χ1v) is 5.86. The first-order chi connectivity index (χ1) is 7.10. The second kappa shape index (κ2) is 4.53. The van der Waals surface area contributed by atoms with E-state index in [0.29, 0.717) is 12.3 Å². The molecule has 4 heteroatoms. The molecule has 0 aromatic heterocycles. The van der Waals surface area contributed by atoms with Crippen LogP contribution in [0.1, 0.15) is 46.5 Å². The summed E-state index contributed by atoms with van der Waals surface area (Å²) in [6.45, 7) is 5.23. The number of rotatable bonds is 2. The third-order valence-corrected chi connectivity index (χ3v) is 3.27. The van der Waals surface area contributed by atoms with Crippen molar-refractivity contribution in [2.45, 2.75) is 58.3 Å². The molecule has 0 N–H and O–H groups in total. The van der Waals surface area contributed by atoms with Crippen LogP contribution in [0.3, 0.4) is 0 Å². The Kier molecular flexibility index (Phi) is 3.91. The van der Waals surface area contributed by atoms with Crippen LogP contribution >= 0.6 is 0 Å². The Morgan fingerprint density at radius 3 is 2.25 bits per heavy atom. The molecular weight excluding hydrogens is 220 g/mol. The lowest BCUT2D eigenvalue weighted by Crippen LogP contribution is -2.39. The molecule has 0 amide bonds. The van der Waals surface area contributed by atoms with Gasteiger partial charge in [-0.05, 0) is 44.4 Å². The Balaban J connectivity index is 2.70. The standard InChI is InChI=1S/C12H20F4/c1-8(2)4-9-5-10(12(14,15)16)7-11(3,13)6-9/h8-10H,4-7H2,1-3H3. The normalized spacial score (nSPS) is 36.8. The summed E-state index contributed by atoms with van der Waals surface area (Å²) in [6, 6.07) is 0. The summed E-state index contributed by atoms with van der Waals surface area (Å²) in [5, 5.41) is 0. The van der Waals surface area contributed by atoms with Crippen molar-refractivity contribution in [3.05, 3.63) is 0 Å². The number of alkyl halides is 4. The van der Waals surface area contributed by atoms with Crippen LogP contribution in [-0.4, -0.2) is 11.8 Å². The molecule has 0 aliphatic heterocycles. The van der Waals surface area contributed by atoms with Gasteiger partial charge < -0.3 is 0 Å². The van der Waals surface area contributed by atoms with Crippen LogP contribution in [0.2, 0.25) is 0 Å². The second-order valence-corrected chi connectivity index (χ2v) is 5.79. The Labute approximate surface area is 94.4 Å². The van der Waals surface area contributed by atoms with Crippen molar-refractivity contribution in [1.29, 1.82) is 0 Å². The maximum Gasteiger partial charge on any atom is 0.391 e.